The third kappa shape index (κ3) is 6.50. The lowest BCUT2D eigenvalue weighted by atomic mass is 9.75. The normalized spacial score (nSPS) is 20.4. The van der Waals surface area contributed by atoms with Gasteiger partial charge in [0.05, 0.1) is 17.3 Å². The smallest absolute Gasteiger partial charge is 0.253 e. The largest absolute Gasteiger partial charge is 0.347 e. The summed E-state index contributed by atoms with van der Waals surface area (Å²) in [5.41, 5.74) is 6.28. The molecule has 1 saturated carbocycles. The lowest BCUT2D eigenvalue weighted by Gasteiger charge is -2.30. The third-order valence-electron chi connectivity index (χ3n) is 8.96. The van der Waals surface area contributed by atoms with Crippen molar-refractivity contribution in [3.8, 4) is 0 Å². The highest BCUT2D eigenvalue weighted by Crippen LogP contribution is 2.51. The minimum Gasteiger partial charge on any atom is -0.347 e. The molecule has 210 valence electrons. The highest BCUT2D eigenvalue weighted by atomic mass is 19.1. The van der Waals surface area contributed by atoms with Gasteiger partial charge in [-0.2, -0.15) is 0 Å². The van der Waals surface area contributed by atoms with Crippen LogP contribution in [0.3, 0.4) is 0 Å². The van der Waals surface area contributed by atoms with Crippen LogP contribution >= 0.6 is 0 Å². The van der Waals surface area contributed by atoms with E-state index in [2.05, 4.69) is 31.8 Å². The molecule has 2 aliphatic carbocycles. The van der Waals surface area contributed by atoms with Crippen molar-refractivity contribution in [3.05, 3.63) is 76.9 Å². The maximum absolute atomic E-state index is 15.8. The van der Waals surface area contributed by atoms with E-state index in [1.807, 2.05) is 19.1 Å². The molecule has 1 fully saturated rings. The summed E-state index contributed by atoms with van der Waals surface area (Å²) in [5, 5.41) is 2.78. The van der Waals surface area contributed by atoms with Crippen LogP contribution in [0.25, 0.3) is 11.1 Å². The van der Waals surface area contributed by atoms with Crippen LogP contribution in [0.15, 0.2) is 43.1 Å². The van der Waals surface area contributed by atoms with Gasteiger partial charge in [-0.05, 0) is 96.8 Å². The summed E-state index contributed by atoms with van der Waals surface area (Å²) in [4.78, 5) is 17.6. The number of carbonyl (C=O) groups is 1. The Bertz CT molecular complexity index is 1180. The minimum absolute atomic E-state index is 0.0582. The summed E-state index contributed by atoms with van der Waals surface area (Å²) in [5.74, 6) is 0.665. The van der Waals surface area contributed by atoms with Crippen LogP contribution in [0, 0.1) is 24.6 Å². The molecule has 3 unspecified atom stereocenters. The molecule has 4 rings (SSSR count). The summed E-state index contributed by atoms with van der Waals surface area (Å²) in [6, 6.07) is 7.21. The second kappa shape index (κ2) is 13.5. The molecule has 0 saturated heterocycles. The van der Waals surface area contributed by atoms with Gasteiger partial charge in [-0.3, -0.25) is 9.78 Å². The fourth-order valence-corrected chi connectivity index (χ4v) is 6.66. The first-order chi connectivity index (χ1) is 18.9. The number of amides is 1. The number of halogens is 2. The van der Waals surface area contributed by atoms with Gasteiger partial charge in [-0.1, -0.05) is 64.2 Å². The molecule has 0 bridgehead atoms. The van der Waals surface area contributed by atoms with Crippen molar-refractivity contribution in [3.63, 3.8) is 0 Å². The monoisotopic (exact) mass is 534 g/mol. The average Bonchev–Trinajstić information content (AvgIpc) is 3.45. The number of nitrogens with zero attached hydrogens (tertiary/aromatic N) is 1. The molecule has 1 amide bonds. The second-order valence-electron chi connectivity index (χ2n) is 11.5. The Balaban J connectivity index is 1.75. The number of nitrogens with one attached hydrogen (secondary N) is 1. The Morgan fingerprint density at radius 2 is 2.00 bits per heavy atom. The summed E-state index contributed by atoms with van der Waals surface area (Å²) in [7, 11) is 0. The van der Waals surface area contributed by atoms with E-state index < -0.39 is 12.7 Å². The number of aromatic nitrogens is 1. The number of aryl methyl sites for hydroxylation is 1. The standard InChI is InChI=1S/C34H44F2N2O/c1-5-7-13-26(20-35)38-34(39)25-16-18-31(37-21-25)30-19-29(24-11-9-10-12-24)23(4)32-28(27(30)14-8-6-2)17-15-22(3)33(32)36/h5,15-18,21,23-24,26,29H,1,6-14,19-20H2,2-4H3,(H,38,39). The van der Waals surface area contributed by atoms with Gasteiger partial charge in [0.25, 0.3) is 5.91 Å². The fourth-order valence-electron chi connectivity index (χ4n) is 6.66. The predicted octanol–water partition coefficient (Wildman–Crippen LogP) is 8.98. The molecule has 0 radical (unpaired) electrons. The van der Waals surface area contributed by atoms with Crippen LogP contribution in [0.5, 0.6) is 0 Å². The van der Waals surface area contributed by atoms with Crippen LogP contribution < -0.4 is 5.32 Å². The topological polar surface area (TPSA) is 42.0 Å². The SMILES string of the molecule is C=CCCC(CF)NC(=O)c1ccc(C2=C(CCCC)c3ccc(C)c(F)c3C(C)C(C3CCCC3)C2)nc1. The Kier molecular flexibility index (Phi) is 10.1. The van der Waals surface area contributed by atoms with E-state index in [1.54, 1.807) is 18.3 Å². The molecule has 3 atom stereocenters. The first-order valence-electron chi connectivity index (χ1n) is 14.8. The highest BCUT2D eigenvalue weighted by Gasteiger charge is 2.37. The fraction of sp³-hybridized carbons (Fsp3) is 0.529. The van der Waals surface area contributed by atoms with Gasteiger partial charge in [-0.25, -0.2) is 8.78 Å². The second-order valence-corrected chi connectivity index (χ2v) is 11.5. The van der Waals surface area contributed by atoms with E-state index in [9.17, 15) is 9.18 Å². The molecular formula is C34H44F2N2O. The van der Waals surface area contributed by atoms with E-state index in [-0.39, 0.29) is 17.6 Å². The van der Waals surface area contributed by atoms with Crippen LogP contribution in [-0.2, 0) is 0 Å². The van der Waals surface area contributed by atoms with Crippen LogP contribution in [0.2, 0.25) is 0 Å². The van der Waals surface area contributed by atoms with Gasteiger partial charge in [0.1, 0.15) is 12.5 Å². The highest BCUT2D eigenvalue weighted by molar-refractivity contribution is 5.95. The van der Waals surface area contributed by atoms with E-state index in [4.69, 9.17) is 4.98 Å². The number of benzene rings is 1. The molecule has 0 aliphatic heterocycles. The molecule has 39 heavy (non-hydrogen) atoms. The van der Waals surface area contributed by atoms with E-state index >= 15 is 4.39 Å². The molecular weight excluding hydrogens is 490 g/mol. The first kappa shape index (κ1) is 29.2. The minimum atomic E-state index is -0.616. The predicted molar refractivity (Wildman–Crippen MR) is 157 cm³/mol. The number of carbonyl (C=O) groups excluding carboxylic acids is 1. The van der Waals surface area contributed by atoms with Crippen LogP contribution in [0.1, 0.15) is 117 Å². The van der Waals surface area contributed by atoms with Crippen molar-refractivity contribution in [2.75, 3.05) is 6.67 Å². The molecule has 2 aliphatic rings. The Labute approximate surface area is 233 Å². The number of hydrogen-bond donors (Lipinski definition) is 1. The maximum atomic E-state index is 15.8. The van der Waals surface area contributed by atoms with Gasteiger partial charge in [0, 0.05) is 6.20 Å². The molecule has 1 N–H and O–H groups in total. The lowest BCUT2D eigenvalue weighted by Crippen LogP contribution is -2.36. The van der Waals surface area contributed by atoms with Gasteiger partial charge in [-0.15, -0.1) is 6.58 Å². The number of alkyl halides is 1. The molecule has 5 heteroatoms. The molecule has 1 heterocycles. The summed E-state index contributed by atoms with van der Waals surface area (Å²) in [6.07, 6.45) is 13.2. The van der Waals surface area contributed by atoms with E-state index in [0.717, 1.165) is 42.5 Å². The molecule has 2 aromatic rings. The number of allylic oxidation sites excluding steroid dienone is 3. The number of hydrogen-bond acceptors (Lipinski definition) is 2. The average molecular weight is 535 g/mol. The Morgan fingerprint density at radius 3 is 2.64 bits per heavy atom. The number of pyridine rings is 1. The molecule has 1 aromatic heterocycles. The summed E-state index contributed by atoms with van der Waals surface area (Å²) < 4.78 is 29.3. The number of rotatable bonds is 11. The molecule has 1 aromatic carbocycles. The molecule has 3 nitrogen and oxygen atoms in total. The maximum Gasteiger partial charge on any atom is 0.253 e. The van der Waals surface area contributed by atoms with Gasteiger partial charge >= 0.3 is 0 Å². The van der Waals surface area contributed by atoms with Crippen molar-refractivity contribution in [2.24, 2.45) is 11.8 Å². The van der Waals surface area contributed by atoms with Crippen molar-refractivity contribution >= 4 is 17.1 Å². The van der Waals surface area contributed by atoms with Gasteiger partial charge in [0.2, 0.25) is 0 Å². The van der Waals surface area contributed by atoms with Crippen LogP contribution in [-0.4, -0.2) is 23.6 Å². The Morgan fingerprint density at radius 1 is 1.23 bits per heavy atom. The number of fused-ring (bicyclic) bond motifs is 1. The van der Waals surface area contributed by atoms with Crippen molar-refractivity contribution in [2.45, 2.75) is 96.9 Å². The van der Waals surface area contributed by atoms with Gasteiger partial charge in [0.15, 0.2) is 0 Å². The Hall–Kier alpha value is -2.82. The van der Waals surface area contributed by atoms with Crippen molar-refractivity contribution in [1.82, 2.24) is 10.3 Å². The number of unbranched alkanes of at least 4 members (excludes halogenated alkanes) is 1. The van der Waals surface area contributed by atoms with Crippen molar-refractivity contribution < 1.29 is 13.6 Å². The van der Waals surface area contributed by atoms with E-state index in [0.29, 0.717) is 35.8 Å². The van der Waals surface area contributed by atoms with Crippen molar-refractivity contribution in [1.29, 1.82) is 0 Å². The van der Waals surface area contributed by atoms with Gasteiger partial charge < -0.3 is 5.32 Å². The lowest BCUT2D eigenvalue weighted by molar-refractivity contribution is 0.0927. The zero-order chi connectivity index (χ0) is 27.9. The molecule has 0 spiro atoms. The van der Waals surface area contributed by atoms with Crippen LogP contribution in [0.4, 0.5) is 8.78 Å². The summed E-state index contributed by atoms with van der Waals surface area (Å²) in [6.45, 7) is 9.33. The third-order valence-corrected chi connectivity index (χ3v) is 8.96. The quantitative estimate of drug-likeness (QED) is 0.292. The zero-order valence-corrected chi connectivity index (χ0v) is 23.9. The first-order valence-corrected chi connectivity index (χ1v) is 14.8. The summed E-state index contributed by atoms with van der Waals surface area (Å²) >= 11 is 0. The zero-order valence-electron chi connectivity index (χ0n) is 23.9. The van der Waals surface area contributed by atoms with E-state index in [1.165, 1.54) is 36.8 Å².